The molecule has 0 aliphatic carbocycles. The quantitative estimate of drug-likeness (QED) is 0.890. The number of anilines is 1. The molecule has 1 aromatic rings. The van der Waals surface area contributed by atoms with Gasteiger partial charge in [-0.25, -0.2) is 0 Å². The van der Waals surface area contributed by atoms with E-state index in [1.807, 2.05) is 12.1 Å². The van der Waals surface area contributed by atoms with Crippen LogP contribution in [-0.4, -0.2) is 25.0 Å². The normalized spacial score (nSPS) is 21.2. The first-order valence-electron chi connectivity index (χ1n) is 6.59. The van der Waals surface area contributed by atoms with E-state index in [0.717, 1.165) is 25.2 Å². The molecule has 1 heterocycles. The Morgan fingerprint density at radius 2 is 2.26 bits per heavy atom. The second-order valence-corrected chi connectivity index (χ2v) is 5.64. The van der Waals surface area contributed by atoms with Crippen LogP contribution in [0.5, 0.6) is 0 Å². The van der Waals surface area contributed by atoms with Crippen LogP contribution >= 0.6 is 11.6 Å². The summed E-state index contributed by atoms with van der Waals surface area (Å²) >= 11 is 6.09. The number of carbonyl (C=O) groups is 1. The van der Waals surface area contributed by atoms with Crippen molar-refractivity contribution in [2.45, 2.75) is 25.8 Å². The molecule has 0 spiro atoms. The Labute approximate surface area is 118 Å². The summed E-state index contributed by atoms with van der Waals surface area (Å²) in [5.74, 6) is 0.00648. The zero-order valence-electron chi connectivity index (χ0n) is 11.1. The van der Waals surface area contributed by atoms with Crippen molar-refractivity contribution in [3.05, 3.63) is 28.8 Å². The van der Waals surface area contributed by atoms with E-state index < -0.39 is 5.91 Å². The first-order valence-corrected chi connectivity index (χ1v) is 6.96. The minimum atomic E-state index is -0.497. The molecule has 104 valence electrons. The molecule has 1 aromatic carbocycles. The van der Waals surface area contributed by atoms with Crippen molar-refractivity contribution in [2.24, 2.45) is 17.4 Å². The smallest absolute Gasteiger partial charge is 0.250 e. The van der Waals surface area contributed by atoms with Crippen molar-refractivity contribution in [2.75, 3.05) is 18.0 Å². The van der Waals surface area contributed by atoms with Gasteiger partial charge in [-0.15, -0.1) is 0 Å². The van der Waals surface area contributed by atoms with Gasteiger partial charge in [0.2, 0.25) is 5.91 Å². The van der Waals surface area contributed by atoms with Gasteiger partial charge in [0.1, 0.15) is 0 Å². The average molecular weight is 282 g/mol. The Bertz CT molecular complexity index is 476. The number of hydrogen-bond donors (Lipinski definition) is 2. The number of nitrogens with two attached hydrogens (primary N) is 2. The molecule has 1 fully saturated rings. The SMILES string of the molecule is CC(N)C1CCCN(c2ccc(C(N)=O)c(Cl)c2)C1. The van der Waals surface area contributed by atoms with Crippen LogP contribution in [0, 0.1) is 5.92 Å². The number of halogens is 1. The molecule has 1 amide bonds. The van der Waals surface area contributed by atoms with Gasteiger partial charge in [-0.1, -0.05) is 11.6 Å². The number of carbonyl (C=O) groups excluding carboxylic acids is 1. The largest absolute Gasteiger partial charge is 0.371 e. The first kappa shape index (κ1) is 14.2. The van der Waals surface area contributed by atoms with Gasteiger partial charge >= 0.3 is 0 Å². The fraction of sp³-hybridized carbons (Fsp3) is 0.500. The van der Waals surface area contributed by atoms with Crippen LogP contribution < -0.4 is 16.4 Å². The molecule has 0 bridgehead atoms. The monoisotopic (exact) mass is 281 g/mol. The highest BCUT2D eigenvalue weighted by molar-refractivity contribution is 6.34. The molecule has 2 unspecified atom stereocenters. The topological polar surface area (TPSA) is 72.3 Å². The Hall–Kier alpha value is -1.26. The summed E-state index contributed by atoms with van der Waals surface area (Å²) in [5.41, 5.74) is 12.6. The Morgan fingerprint density at radius 3 is 2.84 bits per heavy atom. The van der Waals surface area contributed by atoms with Crippen LogP contribution in [0.2, 0.25) is 5.02 Å². The van der Waals surface area contributed by atoms with Crippen LogP contribution in [0.1, 0.15) is 30.1 Å². The maximum Gasteiger partial charge on any atom is 0.250 e. The van der Waals surface area contributed by atoms with Crippen LogP contribution in [0.3, 0.4) is 0 Å². The molecule has 4 N–H and O–H groups in total. The van der Waals surface area contributed by atoms with E-state index in [1.54, 1.807) is 6.07 Å². The minimum Gasteiger partial charge on any atom is -0.371 e. The molecule has 1 aliphatic heterocycles. The molecule has 1 saturated heterocycles. The van der Waals surface area contributed by atoms with E-state index in [2.05, 4.69) is 11.8 Å². The molecule has 0 aromatic heterocycles. The zero-order valence-corrected chi connectivity index (χ0v) is 11.9. The Kier molecular flexibility index (Phi) is 4.32. The van der Waals surface area contributed by atoms with E-state index in [9.17, 15) is 4.79 Å². The van der Waals surface area contributed by atoms with Crippen molar-refractivity contribution in [3.63, 3.8) is 0 Å². The summed E-state index contributed by atoms with van der Waals surface area (Å²) in [6.45, 7) is 3.98. The highest BCUT2D eigenvalue weighted by Crippen LogP contribution is 2.28. The number of benzene rings is 1. The fourth-order valence-electron chi connectivity index (χ4n) is 2.57. The Morgan fingerprint density at radius 1 is 1.53 bits per heavy atom. The standard InChI is InChI=1S/C14H20ClN3O/c1-9(16)10-3-2-6-18(8-10)11-4-5-12(14(17)19)13(15)7-11/h4-5,7,9-10H,2-3,6,8,16H2,1H3,(H2,17,19). The summed E-state index contributed by atoms with van der Waals surface area (Å²) in [6.07, 6.45) is 2.29. The number of amides is 1. The van der Waals surface area contributed by atoms with Gasteiger partial charge in [0, 0.05) is 24.8 Å². The van der Waals surface area contributed by atoms with E-state index >= 15 is 0 Å². The summed E-state index contributed by atoms with van der Waals surface area (Å²) in [4.78, 5) is 13.4. The zero-order chi connectivity index (χ0) is 14.0. The van der Waals surface area contributed by atoms with Gasteiger partial charge in [-0.2, -0.15) is 0 Å². The maximum absolute atomic E-state index is 11.2. The third kappa shape index (κ3) is 3.19. The van der Waals surface area contributed by atoms with Gasteiger partial charge < -0.3 is 16.4 Å². The van der Waals surface area contributed by atoms with Crippen LogP contribution in [0.25, 0.3) is 0 Å². The van der Waals surface area contributed by atoms with Gasteiger partial charge in [0.15, 0.2) is 0 Å². The lowest BCUT2D eigenvalue weighted by atomic mass is 9.92. The molecule has 0 radical (unpaired) electrons. The van der Waals surface area contributed by atoms with Gasteiger partial charge in [-0.05, 0) is 43.9 Å². The summed E-state index contributed by atoms with van der Waals surface area (Å²) in [6, 6.07) is 5.60. The molecule has 5 heteroatoms. The summed E-state index contributed by atoms with van der Waals surface area (Å²) < 4.78 is 0. The van der Waals surface area contributed by atoms with Gasteiger partial charge in [-0.3, -0.25) is 4.79 Å². The maximum atomic E-state index is 11.2. The molecule has 2 rings (SSSR count). The number of primary amides is 1. The predicted molar refractivity (Wildman–Crippen MR) is 78.6 cm³/mol. The number of rotatable bonds is 3. The van der Waals surface area contributed by atoms with Crippen LogP contribution in [0.15, 0.2) is 18.2 Å². The molecule has 19 heavy (non-hydrogen) atoms. The van der Waals surface area contributed by atoms with Gasteiger partial charge in [0.25, 0.3) is 0 Å². The molecule has 4 nitrogen and oxygen atoms in total. The third-order valence-electron chi connectivity index (χ3n) is 3.78. The summed E-state index contributed by atoms with van der Waals surface area (Å²) in [5, 5.41) is 0.410. The lowest BCUT2D eigenvalue weighted by Crippen LogP contribution is -2.42. The second kappa shape index (κ2) is 5.80. The lowest BCUT2D eigenvalue weighted by molar-refractivity contribution is 0.100. The van der Waals surface area contributed by atoms with Crippen molar-refractivity contribution in [1.29, 1.82) is 0 Å². The second-order valence-electron chi connectivity index (χ2n) is 5.24. The number of hydrogen-bond acceptors (Lipinski definition) is 3. The molecule has 0 saturated carbocycles. The van der Waals surface area contributed by atoms with E-state index in [1.165, 1.54) is 6.42 Å². The first-order chi connectivity index (χ1) is 8.99. The van der Waals surface area contributed by atoms with E-state index in [0.29, 0.717) is 16.5 Å². The van der Waals surface area contributed by atoms with Crippen LogP contribution in [-0.2, 0) is 0 Å². The minimum absolute atomic E-state index is 0.197. The molecule has 1 aliphatic rings. The van der Waals surface area contributed by atoms with Crippen molar-refractivity contribution in [1.82, 2.24) is 0 Å². The molecular formula is C14H20ClN3O. The fourth-order valence-corrected chi connectivity index (χ4v) is 2.84. The van der Waals surface area contributed by atoms with Crippen LogP contribution in [0.4, 0.5) is 5.69 Å². The predicted octanol–water partition coefficient (Wildman–Crippen LogP) is 2.00. The van der Waals surface area contributed by atoms with Crippen molar-refractivity contribution >= 4 is 23.2 Å². The molecular weight excluding hydrogens is 262 g/mol. The number of nitrogens with zero attached hydrogens (tertiary/aromatic N) is 1. The Balaban J connectivity index is 2.18. The van der Waals surface area contributed by atoms with E-state index in [-0.39, 0.29) is 6.04 Å². The third-order valence-corrected chi connectivity index (χ3v) is 4.10. The van der Waals surface area contributed by atoms with Crippen molar-refractivity contribution in [3.8, 4) is 0 Å². The number of piperidine rings is 1. The molecule has 2 atom stereocenters. The summed E-state index contributed by atoms with van der Waals surface area (Å²) in [7, 11) is 0. The average Bonchev–Trinajstić information content (AvgIpc) is 2.38. The highest BCUT2D eigenvalue weighted by Gasteiger charge is 2.23. The van der Waals surface area contributed by atoms with Gasteiger partial charge in [0.05, 0.1) is 10.6 Å². The van der Waals surface area contributed by atoms with Crippen molar-refractivity contribution < 1.29 is 4.79 Å². The van der Waals surface area contributed by atoms with E-state index in [4.69, 9.17) is 23.1 Å². The lowest BCUT2D eigenvalue weighted by Gasteiger charge is -2.36. The highest BCUT2D eigenvalue weighted by atomic mass is 35.5.